The largest absolute Gasteiger partial charge is 0.416 e. The number of hydrogen-bond donors (Lipinski definition) is 2. The van der Waals surface area contributed by atoms with Crippen LogP contribution in [0.25, 0.3) is 0 Å². The number of nitrogens with one attached hydrogen (secondary N) is 2. The molecule has 3 rings (SSSR count). The Kier molecular flexibility index (Phi) is 6.53. The number of halogens is 3. The molecule has 0 saturated carbocycles. The number of carbonyl (C=O) groups excluding carboxylic acids is 2. The van der Waals surface area contributed by atoms with Gasteiger partial charge in [-0.25, -0.2) is 0 Å². The Morgan fingerprint density at radius 2 is 1.79 bits per heavy atom. The summed E-state index contributed by atoms with van der Waals surface area (Å²) < 4.78 is 43.2. The highest BCUT2D eigenvalue weighted by atomic mass is 19.4. The summed E-state index contributed by atoms with van der Waals surface area (Å²) in [5.74, 6) is -0.987. The van der Waals surface area contributed by atoms with E-state index in [1.807, 2.05) is 24.3 Å². The number of benzene rings is 2. The van der Waals surface area contributed by atoms with Crippen molar-refractivity contribution >= 4 is 17.5 Å². The third-order valence-corrected chi connectivity index (χ3v) is 4.64. The highest BCUT2D eigenvalue weighted by Gasteiger charge is 2.30. The molecule has 5 nitrogen and oxygen atoms in total. The second kappa shape index (κ2) is 9.09. The second-order valence-electron chi connectivity index (χ2n) is 6.83. The number of amides is 2. The molecule has 0 radical (unpaired) electrons. The van der Waals surface area contributed by atoms with Crippen LogP contribution in [0.3, 0.4) is 0 Å². The van der Waals surface area contributed by atoms with Crippen molar-refractivity contribution in [2.75, 3.05) is 18.5 Å². The lowest BCUT2D eigenvalue weighted by Crippen LogP contribution is -2.34. The van der Waals surface area contributed by atoms with E-state index < -0.39 is 24.3 Å². The van der Waals surface area contributed by atoms with Crippen molar-refractivity contribution in [3.63, 3.8) is 0 Å². The Balaban J connectivity index is 1.44. The molecular formula is C21H21F3N2O3. The fourth-order valence-electron chi connectivity index (χ4n) is 3.35. The molecule has 0 bridgehead atoms. The van der Waals surface area contributed by atoms with Gasteiger partial charge in [-0.1, -0.05) is 30.3 Å². The number of aryl methyl sites for hydroxylation is 1. The first-order chi connectivity index (χ1) is 13.8. The molecule has 8 heteroatoms. The number of carbonyl (C=O) groups is 2. The molecule has 0 saturated heterocycles. The van der Waals surface area contributed by atoms with Crippen LogP contribution in [0.15, 0.2) is 48.5 Å². The summed E-state index contributed by atoms with van der Waals surface area (Å²) in [7, 11) is 0. The molecule has 1 aliphatic carbocycles. The molecule has 2 aromatic rings. The molecule has 0 fully saturated rings. The van der Waals surface area contributed by atoms with Gasteiger partial charge in [-0.3, -0.25) is 9.59 Å². The number of alkyl halides is 3. The van der Waals surface area contributed by atoms with E-state index in [0.29, 0.717) is 0 Å². The third-order valence-electron chi connectivity index (χ3n) is 4.64. The number of hydrogen-bond acceptors (Lipinski definition) is 3. The number of ether oxygens (including phenoxy) is 1. The van der Waals surface area contributed by atoms with E-state index in [1.54, 1.807) is 0 Å². The van der Waals surface area contributed by atoms with Gasteiger partial charge in [-0.2, -0.15) is 13.2 Å². The fraction of sp³-hybridized carbons (Fsp3) is 0.333. The van der Waals surface area contributed by atoms with Crippen LogP contribution < -0.4 is 10.6 Å². The Hall–Kier alpha value is -2.87. The van der Waals surface area contributed by atoms with Crippen LogP contribution in [0.2, 0.25) is 0 Å². The van der Waals surface area contributed by atoms with E-state index in [-0.39, 0.29) is 24.2 Å². The van der Waals surface area contributed by atoms with Crippen LogP contribution in [0.1, 0.15) is 35.6 Å². The first-order valence-corrected chi connectivity index (χ1v) is 9.25. The molecule has 2 aromatic carbocycles. The first kappa shape index (κ1) is 20.9. The normalized spacial score (nSPS) is 16.0. The van der Waals surface area contributed by atoms with Gasteiger partial charge in [-0.15, -0.1) is 0 Å². The molecule has 1 aliphatic rings. The Morgan fingerprint density at radius 3 is 2.59 bits per heavy atom. The number of anilines is 1. The van der Waals surface area contributed by atoms with Crippen LogP contribution in [0, 0.1) is 0 Å². The van der Waals surface area contributed by atoms with E-state index in [4.69, 9.17) is 4.74 Å². The molecule has 29 heavy (non-hydrogen) atoms. The molecule has 0 unspecified atom stereocenters. The summed E-state index contributed by atoms with van der Waals surface area (Å²) in [5.41, 5.74) is 1.46. The molecule has 0 aliphatic heterocycles. The molecule has 2 amide bonds. The van der Waals surface area contributed by atoms with Gasteiger partial charge < -0.3 is 15.4 Å². The predicted octanol–water partition coefficient (Wildman–Crippen LogP) is 3.85. The van der Waals surface area contributed by atoms with Gasteiger partial charge in [0.2, 0.25) is 11.8 Å². The van der Waals surface area contributed by atoms with Gasteiger partial charge in [0.25, 0.3) is 0 Å². The summed E-state index contributed by atoms with van der Waals surface area (Å²) >= 11 is 0. The molecule has 0 heterocycles. The van der Waals surface area contributed by atoms with Gasteiger partial charge in [0.1, 0.15) is 13.2 Å². The zero-order valence-electron chi connectivity index (χ0n) is 15.6. The van der Waals surface area contributed by atoms with Crippen molar-refractivity contribution in [1.29, 1.82) is 0 Å². The van der Waals surface area contributed by atoms with Crippen molar-refractivity contribution in [2.24, 2.45) is 0 Å². The topological polar surface area (TPSA) is 67.4 Å². The lowest BCUT2D eigenvalue weighted by atomic mass is 9.88. The Bertz CT molecular complexity index is 883. The summed E-state index contributed by atoms with van der Waals surface area (Å²) in [6, 6.07) is 12.1. The van der Waals surface area contributed by atoms with Crippen LogP contribution in [0.5, 0.6) is 0 Å². The molecule has 1 atom stereocenters. The van der Waals surface area contributed by atoms with E-state index in [0.717, 1.165) is 37.0 Å². The van der Waals surface area contributed by atoms with Crippen molar-refractivity contribution < 1.29 is 27.5 Å². The van der Waals surface area contributed by atoms with E-state index in [1.165, 1.54) is 17.7 Å². The quantitative estimate of drug-likeness (QED) is 0.766. The van der Waals surface area contributed by atoms with Gasteiger partial charge in [0.15, 0.2) is 0 Å². The van der Waals surface area contributed by atoms with Crippen LogP contribution in [0.4, 0.5) is 18.9 Å². The minimum absolute atomic E-state index is 0.0108. The minimum Gasteiger partial charge on any atom is -0.362 e. The van der Waals surface area contributed by atoms with Crippen molar-refractivity contribution in [2.45, 2.75) is 31.5 Å². The highest BCUT2D eigenvalue weighted by Crippen LogP contribution is 2.31. The van der Waals surface area contributed by atoms with Crippen LogP contribution in [-0.4, -0.2) is 25.0 Å². The van der Waals surface area contributed by atoms with Gasteiger partial charge in [0, 0.05) is 5.69 Å². The first-order valence-electron chi connectivity index (χ1n) is 9.25. The molecule has 0 aromatic heterocycles. The molecular weight excluding hydrogens is 385 g/mol. The van der Waals surface area contributed by atoms with E-state index >= 15 is 0 Å². The monoisotopic (exact) mass is 406 g/mol. The standard InChI is InChI=1S/C21H21F3N2O3/c22-21(23,24)15-7-4-8-16(11-15)25-19(27)12-29-13-20(28)26-18-10-3-6-14-5-1-2-9-17(14)18/h1-2,4-5,7-9,11,18H,3,6,10,12-13H2,(H,25,27)(H,26,28)/t18-/m1/s1. The highest BCUT2D eigenvalue weighted by molar-refractivity contribution is 5.92. The molecule has 0 spiro atoms. The fourth-order valence-corrected chi connectivity index (χ4v) is 3.35. The number of rotatable bonds is 6. The van der Waals surface area contributed by atoms with E-state index in [2.05, 4.69) is 10.6 Å². The van der Waals surface area contributed by atoms with Crippen LogP contribution in [-0.2, 0) is 26.9 Å². The maximum atomic E-state index is 12.7. The van der Waals surface area contributed by atoms with Crippen molar-refractivity contribution in [3.8, 4) is 0 Å². The van der Waals surface area contributed by atoms with Crippen molar-refractivity contribution in [3.05, 3.63) is 65.2 Å². The zero-order valence-corrected chi connectivity index (χ0v) is 15.6. The molecule has 2 N–H and O–H groups in total. The zero-order chi connectivity index (χ0) is 20.9. The average molecular weight is 406 g/mol. The van der Waals surface area contributed by atoms with Gasteiger partial charge >= 0.3 is 6.18 Å². The predicted molar refractivity (Wildman–Crippen MR) is 101 cm³/mol. The second-order valence-corrected chi connectivity index (χ2v) is 6.83. The summed E-state index contributed by atoms with van der Waals surface area (Å²) in [4.78, 5) is 24.0. The lowest BCUT2D eigenvalue weighted by Gasteiger charge is -2.26. The molecule has 154 valence electrons. The maximum absolute atomic E-state index is 12.7. The van der Waals surface area contributed by atoms with E-state index in [9.17, 15) is 22.8 Å². The van der Waals surface area contributed by atoms with Crippen LogP contribution >= 0.6 is 0 Å². The lowest BCUT2D eigenvalue weighted by molar-refractivity contribution is -0.137. The number of fused-ring (bicyclic) bond motifs is 1. The third kappa shape index (κ3) is 5.80. The summed E-state index contributed by atoms with van der Waals surface area (Å²) in [6.07, 6.45) is -1.71. The van der Waals surface area contributed by atoms with Gasteiger partial charge in [-0.05, 0) is 48.6 Å². The Labute approximate surface area is 166 Å². The smallest absolute Gasteiger partial charge is 0.362 e. The summed E-state index contributed by atoms with van der Waals surface area (Å²) in [6.45, 7) is -0.750. The van der Waals surface area contributed by atoms with Gasteiger partial charge in [0.05, 0.1) is 11.6 Å². The maximum Gasteiger partial charge on any atom is 0.416 e. The Morgan fingerprint density at radius 1 is 1.03 bits per heavy atom. The van der Waals surface area contributed by atoms with Crippen molar-refractivity contribution in [1.82, 2.24) is 5.32 Å². The average Bonchev–Trinajstić information content (AvgIpc) is 2.68. The summed E-state index contributed by atoms with van der Waals surface area (Å²) in [5, 5.41) is 5.23. The minimum atomic E-state index is -4.49. The SMILES string of the molecule is O=C(COCC(=O)N[C@@H]1CCCc2ccccc21)Nc1cccc(C(F)(F)F)c1.